The zero-order valence-corrected chi connectivity index (χ0v) is 16.2. The Morgan fingerprint density at radius 2 is 1.88 bits per heavy atom. The number of nitrogens with one attached hydrogen (secondary N) is 1. The minimum atomic E-state index is -0.400. The van der Waals surface area contributed by atoms with E-state index < -0.39 is 6.04 Å². The van der Waals surface area contributed by atoms with Crippen molar-refractivity contribution in [1.29, 1.82) is 0 Å². The molecular weight excluding hydrogens is 375 g/mol. The first-order valence-electron chi connectivity index (χ1n) is 9.22. The van der Waals surface area contributed by atoms with Crippen LogP contribution in [0.15, 0.2) is 18.2 Å². The molecule has 1 N–H and O–H groups in total. The van der Waals surface area contributed by atoms with Crippen LogP contribution in [0.1, 0.15) is 44.9 Å². The van der Waals surface area contributed by atoms with Gasteiger partial charge in [0, 0.05) is 23.7 Å². The van der Waals surface area contributed by atoms with Gasteiger partial charge >= 0.3 is 0 Å². The Labute approximate surface area is 164 Å². The van der Waals surface area contributed by atoms with E-state index >= 15 is 0 Å². The number of ether oxygens (including phenoxy) is 1. The molecule has 0 unspecified atom stereocenters. The zero-order valence-electron chi connectivity index (χ0n) is 14.7. The summed E-state index contributed by atoms with van der Waals surface area (Å²) in [7, 11) is 0. The molecule has 7 heteroatoms. The number of hydrogen-bond acceptors (Lipinski definition) is 3. The van der Waals surface area contributed by atoms with Crippen molar-refractivity contribution in [2.24, 2.45) is 0 Å². The van der Waals surface area contributed by atoms with Gasteiger partial charge in [0.2, 0.25) is 5.91 Å². The van der Waals surface area contributed by atoms with Gasteiger partial charge in [0.05, 0.1) is 5.02 Å². The van der Waals surface area contributed by atoms with E-state index in [2.05, 4.69) is 5.32 Å². The highest BCUT2D eigenvalue weighted by Gasteiger charge is 2.35. The van der Waals surface area contributed by atoms with Gasteiger partial charge in [-0.2, -0.15) is 0 Å². The lowest BCUT2D eigenvalue weighted by molar-refractivity contribution is -0.140. The number of nitrogens with zero attached hydrogens (tertiary/aromatic N) is 1. The lowest BCUT2D eigenvalue weighted by Crippen LogP contribution is -2.50. The van der Waals surface area contributed by atoms with E-state index in [0.717, 1.165) is 32.1 Å². The largest absolute Gasteiger partial charge is 0.482 e. The average Bonchev–Trinajstić information content (AvgIpc) is 3.13. The first-order valence-corrected chi connectivity index (χ1v) is 9.98. The fourth-order valence-corrected chi connectivity index (χ4v) is 4.03. The van der Waals surface area contributed by atoms with Crippen LogP contribution in [0.5, 0.6) is 5.75 Å². The van der Waals surface area contributed by atoms with Crippen LogP contribution in [0.25, 0.3) is 0 Å². The molecule has 2 amide bonds. The molecule has 0 aromatic heterocycles. The van der Waals surface area contributed by atoms with Gasteiger partial charge in [0.1, 0.15) is 11.8 Å². The van der Waals surface area contributed by atoms with Crippen molar-refractivity contribution in [1.82, 2.24) is 10.2 Å². The molecule has 5 nitrogen and oxygen atoms in total. The van der Waals surface area contributed by atoms with E-state index in [9.17, 15) is 9.59 Å². The molecule has 1 atom stereocenters. The van der Waals surface area contributed by atoms with Gasteiger partial charge in [-0.1, -0.05) is 42.5 Å². The molecule has 26 heavy (non-hydrogen) atoms. The monoisotopic (exact) mass is 398 g/mol. The lowest BCUT2D eigenvalue weighted by atomic mass is 9.95. The second kappa shape index (κ2) is 8.96. The molecule has 1 aromatic carbocycles. The maximum absolute atomic E-state index is 12.6. The summed E-state index contributed by atoms with van der Waals surface area (Å²) in [6.07, 6.45) is 7.14. The highest BCUT2D eigenvalue weighted by molar-refractivity contribution is 6.34. The van der Waals surface area contributed by atoms with Crippen LogP contribution in [0, 0.1) is 0 Å². The van der Waals surface area contributed by atoms with Gasteiger partial charge in [-0.05, 0) is 37.8 Å². The molecule has 1 heterocycles. The van der Waals surface area contributed by atoms with E-state index in [-0.39, 0.29) is 24.5 Å². The minimum absolute atomic E-state index is 0.0384. The first-order chi connectivity index (χ1) is 12.5. The van der Waals surface area contributed by atoms with Gasteiger partial charge in [0.15, 0.2) is 6.61 Å². The predicted octanol–water partition coefficient (Wildman–Crippen LogP) is 3.81. The molecule has 0 spiro atoms. The third-order valence-electron chi connectivity index (χ3n) is 5.07. The van der Waals surface area contributed by atoms with Crippen LogP contribution >= 0.6 is 23.2 Å². The smallest absolute Gasteiger partial charge is 0.261 e. The maximum atomic E-state index is 12.6. The normalized spacial score (nSPS) is 20.8. The topological polar surface area (TPSA) is 58.6 Å². The fourth-order valence-electron chi connectivity index (χ4n) is 3.69. The lowest BCUT2D eigenvalue weighted by Gasteiger charge is -2.28. The zero-order chi connectivity index (χ0) is 18.5. The Morgan fingerprint density at radius 1 is 1.12 bits per heavy atom. The van der Waals surface area contributed by atoms with E-state index in [0.29, 0.717) is 28.8 Å². The second-order valence-corrected chi connectivity index (χ2v) is 7.80. The molecule has 3 rings (SSSR count). The van der Waals surface area contributed by atoms with Crippen molar-refractivity contribution in [3.05, 3.63) is 28.2 Å². The van der Waals surface area contributed by atoms with Crippen molar-refractivity contribution >= 4 is 35.0 Å². The second-order valence-electron chi connectivity index (χ2n) is 6.95. The quantitative estimate of drug-likeness (QED) is 0.819. The van der Waals surface area contributed by atoms with Crippen molar-refractivity contribution in [2.75, 3.05) is 13.2 Å². The van der Waals surface area contributed by atoms with E-state index in [1.54, 1.807) is 23.1 Å². The van der Waals surface area contributed by atoms with Crippen LogP contribution in [-0.4, -0.2) is 41.9 Å². The summed E-state index contributed by atoms with van der Waals surface area (Å²) < 4.78 is 5.53. The SMILES string of the molecule is O=C(NC1CCCCC1)[C@@H]1CCCN1C(=O)COc1cc(Cl)ccc1Cl. The van der Waals surface area contributed by atoms with Gasteiger partial charge in [-0.3, -0.25) is 9.59 Å². The number of carbonyl (C=O) groups is 2. The van der Waals surface area contributed by atoms with Crippen molar-refractivity contribution in [3.63, 3.8) is 0 Å². The number of rotatable bonds is 5. The highest BCUT2D eigenvalue weighted by Crippen LogP contribution is 2.28. The Bertz CT molecular complexity index is 662. The van der Waals surface area contributed by atoms with Crippen LogP contribution in [0.4, 0.5) is 0 Å². The number of hydrogen-bond donors (Lipinski definition) is 1. The predicted molar refractivity (Wildman–Crippen MR) is 102 cm³/mol. The minimum Gasteiger partial charge on any atom is -0.482 e. The molecule has 2 fully saturated rings. The molecule has 2 aliphatic rings. The number of halogens is 2. The standard InChI is InChI=1S/C19H24Cl2N2O3/c20-13-8-9-15(21)17(11-13)26-12-18(24)23-10-4-7-16(23)19(25)22-14-5-2-1-3-6-14/h8-9,11,14,16H,1-7,10,12H2,(H,22,25)/t16-/m0/s1. The van der Waals surface area contributed by atoms with E-state index in [4.69, 9.17) is 27.9 Å². The van der Waals surface area contributed by atoms with Gasteiger partial charge in [-0.25, -0.2) is 0 Å². The van der Waals surface area contributed by atoms with Crippen LogP contribution in [0.2, 0.25) is 10.0 Å². The van der Waals surface area contributed by atoms with E-state index in [1.165, 1.54) is 6.42 Å². The summed E-state index contributed by atoms with van der Waals surface area (Å²) in [4.78, 5) is 26.8. The van der Waals surface area contributed by atoms with Crippen LogP contribution in [-0.2, 0) is 9.59 Å². The highest BCUT2D eigenvalue weighted by atomic mass is 35.5. The van der Waals surface area contributed by atoms with Crippen LogP contribution in [0.3, 0.4) is 0 Å². The summed E-state index contributed by atoms with van der Waals surface area (Å²) in [6, 6.07) is 4.71. The summed E-state index contributed by atoms with van der Waals surface area (Å²) in [5, 5.41) is 4.01. The fraction of sp³-hybridized carbons (Fsp3) is 0.579. The van der Waals surface area contributed by atoms with E-state index in [1.807, 2.05) is 0 Å². The number of amides is 2. The van der Waals surface area contributed by atoms with Crippen molar-refractivity contribution in [2.45, 2.75) is 57.0 Å². The Kier molecular flexibility index (Phi) is 6.65. The molecule has 1 aromatic rings. The maximum Gasteiger partial charge on any atom is 0.261 e. The third-order valence-corrected chi connectivity index (χ3v) is 5.62. The average molecular weight is 399 g/mol. The Morgan fingerprint density at radius 3 is 2.65 bits per heavy atom. The Hall–Kier alpha value is -1.46. The summed E-state index contributed by atoms with van der Waals surface area (Å²) in [6.45, 7) is 0.418. The molecule has 1 aliphatic heterocycles. The third kappa shape index (κ3) is 4.83. The molecular formula is C19H24Cl2N2O3. The molecule has 1 saturated heterocycles. The first kappa shape index (κ1) is 19.3. The van der Waals surface area contributed by atoms with Crippen molar-refractivity contribution in [3.8, 4) is 5.75 Å². The van der Waals surface area contributed by atoms with Crippen LogP contribution < -0.4 is 10.1 Å². The molecule has 142 valence electrons. The molecule has 1 saturated carbocycles. The number of carbonyl (C=O) groups excluding carboxylic acids is 2. The summed E-state index contributed by atoms with van der Waals surface area (Å²) in [5.74, 6) is 0.126. The number of likely N-dealkylation sites (tertiary alicyclic amines) is 1. The molecule has 0 radical (unpaired) electrons. The van der Waals surface area contributed by atoms with Gasteiger partial charge in [-0.15, -0.1) is 0 Å². The molecule has 0 bridgehead atoms. The number of benzene rings is 1. The summed E-state index contributed by atoms with van der Waals surface area (Å²) in [5.41, 5.74) is 0. The summed E-state index contributed by atoms with van der Waals surface area (Å²) >= 11 is 12.0. The van der Waals surface area contributed by atoms with Crippen molar-refractivity contribution < 1.29 is 14.3 Å². The van der Waals surface area contributed by atoms with Gasteiger partial charge in [0.25, 0.3) is 5.91 Å². The van der Waals surface area contributed by atoms with Gasteiger partial charge < -0.3 is 15.0 Å². The molecule has 1 aliphatic carbocycles. The Balaban J connectivity index is 1.55.